The number of aryl methyl sites for hydroxylation is 1. The van der Waals surface area contributed by atoms with Crippen molar-refractivity contribution in [2.45, 2.75) is 52.4 Å². The molecule has 1 N–H and O–H groups in total. The van der Waals surface area contributed by atoms with Crippen LogP contribution in [0.2, 0.25) is 0 Å². The highest BCUT2D eigenvalue weighted by Crippen LogP contribution is 2.23. The van der Waals surface area contributed by atoms with Crippen molar-refractivity contribution >= 4 is 5.97 Å². The summed E-state index contributed by atoms with van der Waals surface area (Å²) in [4.78, 5) is 11.1. The molecule has 1 aromatic rings. The van der Waals surface area contributed by atoms with Gasteiger partial charge in [-0.3, -0.25) is 0 Å². The number of nitrogens with zero attached hydrogens (tertiary/aromatic N) is 1. The van der Waals surface area contributed by atoms with Crippen LogP contribution in [-0.4, -0.2) is 16.2 Å². The van der Waals surface area contributed by atoms with Crippen molar-refractivity contribution in [3.05, 3.63) is 17.0 Å². The number of hydrogen-bond acceptors (Lipinski definition) is 3. The number of hydrogen-bond donors (Lipinski definition) is 1. The molecule has 90 valence electrons. The molecule has 1 aromatic heterocycles. The zero-order valence-corrected chi connectivity index (χ0v) is 10.1. The quantitative estimate of drug-likeness (QED) is 0.755. The summed E-state index contributed by atoms with van der Waals surface area (Å²) in [6, 6.07) is 0. The second kappa shape index (κ2) is 5.68. The molecular formula is C12H19NO3. The van der Waals surface area contributed by atoms with Gasteiger partial charge in [0, 0.05) is 5.92 Å². The van der Waals surface area contributed by atoms with Gasteiger partial charge in [-0.1, -0.05) is 38.8 Å². The largest absolute Gasteiger partial charge is 0.477 e. The molecule has 4 heteroatoms. The van der Waals surface area contributed by atoms with Gasteiger partial charge in [0.15, 0.2) is 5.76 Å². The van der Waals surface area contributed by atoms with Crippen molar-refractivity contribution < 1.29 is 14.4 Å². The normalized spacial score (nSPS) is 11.0. The lowest BCUT2D eigenvalue weighted by molar-refractivity contribution is 0.0692. The summed E-state index contributed by atoms with van der Waals surface area (Å²) in [5.41, 5.74) is 0.857. The standard InChI is InChI=1S/C12H19NO3/c1-4-5-6-7-9-10(12(14)15)11(8(2)3)16-13-9/h8H,4-7H2,1-3H3,(H,14,15). The van der Waals surface area contributed by atoms with Crippen LogP contribution in [0.5, 0.6) is 0 Å². The van der Waals surface area contributed by atoms with Gasteiger partial charge in [0.2, 0.25) is 0 Å². The summed E-state index contributed by atoms with van der Waals surface area (Å²) in [5.74, 6) is -0.394. The Morgan fingerprint density at radius 2 is 2.12 bits per heavy atom. The van der Waals surface area contributed by atoms with Gasteiger partial charge in [-0.25, -0.2) is 4.79 Å². The molecule has 0 spiro atoms. The summed E-state index contributed by atoms with van der Waals surface area (Å²) >= 11 is 0. The van der Waals surface area contributed by atoms with Crippen molar-refractivity contribution in [1.29, 1.82) is 0 Å². The molecule has 0 saturated carbocycles. The summed E-state index contributed by atoms with van der Waals surface area (Å²) in [6.45, 7) is 5.92. The third kappa shape index (κ3) is 2.84. The average molecular weight is 225 g/mol. The topological polar surface area (TPSA) is 63.3 Å². The van der Waals surface area contributed by atoms with Crippen molar-refractivity contribution in [2.75, 3.05) is 0 Å². The van der Waals surface area contributed by atoms with Gasteiger partial charge in [0.25, 0.3) is 0 Å². The summed E-state index contributed by atoms with van der Waals surface area (Å²) in [6.07, 6.45) is 3.84. The van der Waals surface area contributed by atoms with E-state index in [-0.39, 0.29) is 11.5 Å². The summed E-state index contributed by atoms with van der Waals surface area (Å²) < 4.78 is 5.12. The van der Waals surface area contributed by atoms with Crippen molar-refractivity contribution in [1.82, 2.24) is 5.16 Å². The Balaban J connectivity index is 2.88. The molecule has 4 nitrogen and oxygen atoms in total. The molecule has 0 fully saturated rings. The third-order valence-corrected chi connectivity index (χ3v) is 2.54. The molecule has 0 aliphatic carbocycles. The van der Waals surface area contributed by atoms with Gasteiger partial charge < -0.3 is 9.63 Å². The molecule has 0 aromatic carbocycles. The highest BCUT2D eigenvalue weighted by atomic mass is 16.5. The Kier molecular flexibility index (Phi) is 4.52. The van der Waals surface area contributed by atoms with Gasteiger partial charge in [0.1, 0.15) is 5.56 Å². The van der Waals surface area contributed by atoms with E-state index in [9.17, 15) is 4.79 Å². The van der Waals surface area contributed by atoms with Crippen molar-refractivity contribution in [3.8, 4) is 0 Å². The van der Waals surface area contributed by atoms with Gasteiger partial charge in [-0.2, -0.15) is 0 Å². The van der Waals surface area contributed by atoms with Crippen LogP contribution >= 0.6 is 0 Å². The first-order valence-electron chi connectivity index (χ1n) is 5.79. The number of carbonyl (C=O) groups is 1. The smallest absolute Gasteiger partial charge is 0.341 e. The van der Waals surface area contributed by atoms with E-state index in [0.717, 1.165) is 19.3 Å². The van der Waals surface area contributed by atoms with E-state index in [4.69, 9.17) is 9.63 Å². The fourth-order valence-corrected chi connectivity index (χ4v) is 1.67. The monoisotopic (exact) mass is 225 g/mol. The Hall–Kier alpha value is -1.32. The lowest BCUT2D eigenvalue weighted by Gasteiger charge is -2.01. The van der Waals surface area contributed by atoms with Crippen LogP contribution in [0.1, 0.15) is 67.8 Å². The molecule has 0 bridgehead atoms. The first-order chi connectivity index (χ1) is 7.57. The highest BCUT2D eigenvalue weighted by molar-refractivity contribution is 5.90. The molecular weight excluding hydrogens is 206 g/mol. The molecule has 0 amide bonds. The van der Waals surface area contributed by atoms with Crippen LogP contribution in [0.25, 0.3) is 0 Å². The minimum Gasteiger partial charge on any atom is -0.477 e. The van der Waals surface area contributed by atoms with Crippen LogP contribution in [0, 0.1) is 0 Å². The predicted octanol–water partition coefficient (Wildman–Crippen LogP) is 3.23. The Labute approximate surface area is 95.6 Å². The predicted molar refractivity (Wildman–Crippen MR) is 60.8 cm³/mol. The van der Waals surface area contributed by atoms with Crippen molar-refractivity contribution in [2.24, 2.45) is 0 Å². The molecule has 0 aliphatic heterocycles. The number of carboxylic acids is 1. The minimum atomic E-state index is -0.934. The first-order valence-corrected chi connectivity index (χ1v) is 5.79. The zero-order chi connectivity index (χ0) is 12.1. The van der Waals surface area contributed by atoms with E-state index < -0.39 is 5.97 Å². The van der Waals surface area contributed by atoms with E-state index >= 15 is 0 Å². The fourth-order valence-electron chi connectivity index (χ4n) is 1.67. The number of rotatable bonds is 6. The van der Waals surface area contributed by atoms with Crippen LogP contribution in [0.15, 0.2) is 4.52 Å². The Bertz CT molecular complexity index is 355. The van der Waals surface area contributed by atoms with E-state index in [0.29, 0.717) is 17.9 Å². The molecule has 1 rings (SSSR count). The number of aromatic nitrogens is 1. The van der Waals surface area contributed by atoms with E-state index in [1.807, 2.05) is 13.8 Å². The van der Waals surface area contributed by atoms with Crippen LogP contribution in [0.3, 0.4) is 0 Å². The van der Waals surface area contributed by atoms with Crippen molar-refractivity contribution in [3.63, 3.8) is 0 Å². The van der Waals surface area contributed by atoms with Gasteiger partial charge >= 0.3 is 5.97 Å². The third-order valence-electron chi connectivity index (χ3n) is 2.54. The maximum Gasteiger partial charge on any atom is 0.341 e. The molecule has 0 saturated heterocycles. The Morgan fingerprint density at radius 1 is 1.44 bits per heavy atom. The lowest BCUT2D eigenvalue weighted by Crippen LogP contribution is -2.04. The summed E-state index contributed by atoms with van der Waals surface area (Å²) in [7, 11) is 0. The zero-order valence-electron chi connectivity index (χ0n) is 10.1. The van der Waals surface area contributed by atoms with E-state index in [1.54, 1.807) is 0 Å². The van der Waals surface area contributed by atoms with Crippen LogP contribution in [0.4, 0.5) is 0 Å². The second-order valence-corrected chi connectivity index (χ2v) is 4.29. The molecule has 0 atom stereocenters. The maximum atomic E-state index is 11.1. The average Bonchev–Trinajstić information content (AvgIpc) is 2.62. The van der Waals surface area contributed by atoms with Crippen LogP contribution < -0.4 is 0 Å². The molecule has 0 unspecified atom stereocenters. The second-order valence-electron chi connectivity index (χ2n) is 4.29. The molecule has 0 radical (unpaired) electrons. The molecule has 1 heterocycles. The maximum absolute atomic E-state index is 11.1. The first kappa shape index (κ1) is 12.7. The van der Waals surface area contributed by atoms with E-state index in [1.165, 1.54) is 0 Å². The Morgan fingerprint density at radius 3 is 2.62 bits per heavy atom. The van der Waals surface area contributed by atoms with Gasteiger partial charge in [-0.15, -0.1) is 0 Å². The van der Waals surface area contributed by atoms with Crippen LogP contribution in [-0.2, 0) is 6.42 Å². The molecule has 0 aliphatic rings. The fraction of sp³-hybridized carbons (Fsp3) is 0.667. The number of aromatic carboxylic acids is 1. The minimum absolute atomic E-state index is 0.0542. The van der Waals surface area contributed by atoms with E-state index in [2.05, 4.69) is 12.1 Å². The number of carboxylic acid groups (broad SMARTS) is 1. The highest BCUT2D eigenvalue weighted by Gasteiger charge is 2.23. The van der Waals surface area contributed by atoms with Gasteiger partial charge in [-0.05, 0) is 12.8 Å². The number of unbranched alkanes of at least 4 members (excludes halogenated alkanes) is 2. The van der Waals surface area contributed by atoms with Gasteiger partial charge in [0.05, 0.1) is 5.69 Å². The SMILES string of the molecule is CCCCCc1noc(C(C)C)c1C(=O)O. The molecule has 16 heavy (non-hydrogen) atoms. The summed E-state index contributed by atoms with van der Waals surface area (Å²) in [5, 5.41) is 13.0. The lowest BCUT2D eigenvalue weighted by atomic mass is 10.0.